The van der Waals surface area contributed by atoms with Crippen molar-refractivity contribution >= 4 is 17.2 Å². The van der Waals surface area contributed by atoms with Gasteiger partial charge in [0.1, 0.15) is 0 Å². The van der Waals surface area contributed by atoms with Crippen molar-refractivity contribution in [2.45, 2.75) is 51.0 Å². The summed E-state index contributed by atoms with van der Waals surface area (Å²) in [6.07, 6.45) is 9.39. The van der Waals surface area contributed by atoms with Gasteiger partial charge in [-0.25, -0.2) is 14.6 Å². The van der Waals surface area contributed by atoms with E-state index in [2.05, 4.69) is 26.4 Å². The molecule has 4 heterocycles. The number of carbonyl (C=O) groups is 1. The Balaban J connectivity index is 1.41. The molecule has 0 unspecified atom stereocenters. The third-order valence-electron chi connectivity index (χ3n) is 6.57. The Morgan fingerprint density at radius 2 is 2.10 bits per heavy atom. The van der Waals surface area contributed by atoms with Gasteiger partial charge in [0.05, 0.1) is 28.0 Å². The van der Waals surface area contributed by atoms with Crippen molar-refractivity contribution in [1.82, 2.24) is 24.6 Å². The number of piperidine rings is 1. The van der Waals surface area contributed by atoms with Gasteiger partial charge in [-0.3, -0.25) is 4.79 Å². The molecule has 2 bridgehead atoms. The van der Waals surface area contributed by atoms with Crippen LogP contribution in [0.1, 0.15) is 59.6 Å². The number of hydrogen-bond acceptors (Lipinski definition) is 5. The first-order valence-electron chi connectivity index (χ1n) is 10.5. The van der Waals surface area contributed by atoms with Gasteiger partial charge in [-0.05, 0) is 62.0 Å². The number of aryl methyl sites for hydroxylation is 1. The highest BCUT2D eigenvalue weighted by molar-refractivity contribution is 7.13. The number of rotatable bonds is 4. The summed E-state index contributed by atoms with van der Waals surface area (Å²) in [4.78, 5) is 26.0. The molecule has 3 aromatic rings. The highest BCUT2D eigenvalue weighted by atomic mass is 32.1. The normalized spacial score (nSPS) is 23.1. The van der Waals surface area contributed by atoms with E-state index in [0.717, 1.165) is 53.2 Å². The minimum absolute atomic E-state index is 0.149. The minimum Gasteiger partial charge on any atom is -0.335 e. The second-order valence-corrected chi connectivity index (χ2v) is 9.55. The lowest BCUT2D eigenvalue weighted by Gasteiger charge is -2.27. The lowest BCUT2D eigenvalue weighted by atomic mass is 10.1. The molecule has 0 radical (unpaired) electrons. The van der Waals surface area contributed by atoms with Crippen molar-refractivity contribution in [3.05, 3.63) is 46.7 Å². The summed E-state index contributed by atoms with van der Waals surface area (Å²) in [5.74, 6) is 1.78. The van der Waals surface area contributed by atoms with E-state index in [1.807, 2.05) is 23.9 Å². The molecule has 3 fully saturated rings. The van der Waals surface area contributed by atoms with Crippen LogP contribution >= 0.6 is 11.3 Å². The summed E-state index contributed by atoms with van der Waals surface area (Å²) in [6.45, 7) is 2.93. The van der Waals surface area contributed by atoms with Gasteiger partial charge in [-0.1, -0.05) is 6.07 Å². The Labute approximate surface area is 173 Å². The molecule has 7 heteroatoms. The zero-order valence-corrected chi connectivity index (χ0v) is 17.2. The van der Waals surface area contributed by atoms with E-state index in [1.54, 1.807) is 17.5 Å². The van der Waals surface area contributed by atoms with Crippen LogP contribution in [-0.4, -0.2) is 43.1 Å². The second-order valence-electron chi connectivity index (χ2n) is 8.60. The molecule has 1 aliphatic heterocycles. The van der Waals surface area contributed by atoms with Crippen molar-refractivity contribution in [3.63, 3.8) is 0 Å². The quantitative estimate of drug-likeness (QED) is 0.653. The van der Waals surface area contributed by atoms with Crippen LogP contribution in [-0.2, 0) is 0 Å². The predicted molar refractivity (Wildman–Crippen MR) is 111 cm³/mol. The maximum atomic E-state index is 13.4. The fourth-order valence-electron chi connectivity index (χ4n) is 4.96. The van der Waals surface area contributed by atoms with E-state index in [4.69, 9.17) is 4.98 Å². The lowest BCUT2D eigenvalue weighted by molar-refractivity contribution is 0.0702. The second kappa shape index (κ2) is 6.49. The Kier molecular flexibility index (Phi) is 3.88. The van der Waals surface area contributed by atoms with E-state index < -0.39 is 0 Å². The van der Waals surface area contributed by atoms with Crippen molar-refractivity contribution in [3.8, 4) is 16.5 Å². The number of likely N-dealkylation sites (tertiary alicyclic amines) is 1. The predicted octanol–water partition coefficient (Wildman–Crippen LogP) is 4.20. The van der Waals surface area contributed by atoms with Crippen molar-refractivity contribution in [2.75, 3.05) is 6.54 Å². The molecule has 0 N–H and O–H groups in total. The Hall–Kier alpha value is -2.54. The molecule has 2 aliphatic carbocycles. The van der Waals surface area contributed by atoms with Gasteiger partial charge in [0.2, 0.25) is 0 Å². The number of fused-ring (bicyclic) bond motifs is 2. The molecule has 6 rings (SSSR count). The van der Waals surface area contributed by atoms with Crippen LogP contribution < -0.4 is 0 Å². The van der Waals surface area contributed by atoms with Gasteiger partial charge in [0.15, 0.2) is 0 Å². The lowest BCUT2D eigenvalue weighted by Crippen LogP contribution is -2.38. The summed E-state index contributed by atoms with van der Waals surface area (Å²) in [5.41, 5.74) is 3.73. The highest BCUT2D eigenvalue weighted by Crippen LogP contribution is 2.44. The van der Waals surface area contributed by atoms with Gasteiger partial charge in [0, 0.05) is 24.7 Å². The van der Waals surface area contributed by atoms with Crippen LogP contribution in [0.25, 0.3) is 16.5 Å². The zero-order chi connectivity index (χ0) is 19.5. The average Bonchev–Trinajstić information content (AvgIpc) is 3.21. The van der Waals surface area contributed by atoms with Crippen LogP contribution in [0.3, 0.4) is 0 Å². The SMILES string of the molecule is Cc1cnc(-n2ncc(C(=O)N3C[C@@H]4CC[C@@H]3C4)c2C2CC2)nc1-c1cccs1. The van der Waals surface area contributed by atoms with Crippen LogP contribution in [0, 0.1) is 12.8 Å². The molecule has 148 valence electrons. The molecule has 1 saturated heterocycles. The molecule has 1 amide bonds. The number of aromatic nitrogens is 4. The number of hydrogen-bond donors (Lipinski definition) is 0. The van der Waals surface area contributed by atoms with Crippen molar-refractivity contribution < 1.29 is 4.79 Å². The molecule has 2 saturated carbocycles. The summed E-state index contributed by atoms with van der Waals surface area (Å²) in [5, 5.41) is 6.66. The van der Waals surface area contributed by atoms with Crippen molar-refractivity contribution in [1.29, 1.82) is 0 Å². The smallest absolute Gasteiger partial charge is 0.257 e. The van der Waals surface area contributed by atoms with Gasteiger partial charge in [-0.15, -0.1) is 11.3 Å². The van der Waals surface area contributed by atoms with E-state index in [1.165, 1.54) is 12.8 Å². The Bertz CT molecular complexity index is 1080. The van der Waals surface area contributed by atoms with E-state index in [0.29, 0.717) is 23.8 Å². The monoisotopic (exact) mass is 405 g/mol. The number of carbonyl (C=O) groups excluding carboxylic acids is 1. The summed E-state index contributed by atoms with van der Waals surface area (Å²) in [7, 11) is 0. The Morgan fingerprint density at radius 1 is 1.21 bits per heavy atom. The molecular formula is C22H23N5OS. The first-order valence-corrected chi connectivity index (χ1v) is 11.3. The van der Waals surface area contributed by atoms with E-state index in [9.17, 15) is 4.79 Å². The number of thiophene rings is 1. The molecule has 3 aliphatic rings. The molecule has 3 aromatic heterocycles. The standard InChI is InChI=1S/C22H23N5OS/c1-13-10-23-22(25-19(13)18-3-2-8-29-18)27-20(15-5-6-15)17(11-24-27)21(28)26-12-14-4-7-16(26)9-14/h2-3,8,10-11,14-16H,4-7,9,12H2,1H3/t14-,16-/m1/s1. The topological polar surface area (TPSA) is 63.9 Å². The summed E-state index contributed by atoms with van der Waals surface area (Å²) < 4.78 is 1.82. The van der Waals surface area contributed by atoms with Gasteiger partial charge in [-0.2, -0.15) is 5.10 Å². The van der Waals surface area contributed by atoms with Gasteiger partial charge < -0.3 is 4.90 Å². The van der Waals surface area contributed by atoms with Crippen LogP contribution in [0.2, 0.25) is 0 Å². The maximum absolute atomic E-state index is 13.4. The third kappa shape index (κ3) is 2.82. The molecule has 2 atom stereocenters. The summed E-state index contributed by atoms with van der Waals surface area (Å²) in [6, 6.07) is 4.53. The molecule has 0 spiro atoms. The first-order chi connectivity index (χ1) is 14.2. The molecule has 6 nitrogen and oxygen atoms in total. The third-order valence-corrected chi connectivity index (χ3v) is 7.45. The zero-order valence-electron chi connectivity index (χ0n) is 16.4. The highest BCUT2D eigenvalue weighted by Gasteiger charge is 2.43. The van der Waals surface area contributed by atoms with Crippen molar-refractivity contribution in [2.24, 2.45) is 5.92 Å². The first kappa shape index (κ1) is 17.3. The van der Waals surface area contributed by atoms with Gasteiger partial charge >= 0.3 is 0 Å². The summed E-state index contributed by atoms with van der Waals surface area (Å²) >= 11 is 1.67. The molecule has 29 heavy (non-hydrogen) atoms. The Morgan fingerprint density at radius 3 is 2.79 bits per heavy atom. The average molecular weight is 406 g/mol. The van der Waals surface area contributed by atoms with Crippen LogP contribution in [0.5, 0.6) is 0 Å². The fourth-order valence-corrected chi connectivity index (χ4v) is 5.74. The fraction of sp³-hybridized carbons (Fsp3) is 0.455. The largest absolute Gasteiger partial charge is 0.335 e. The number of nitrogens with zero attached hydrogens (tertiary/aromatic N) is 5. The van der Waals surface area contributed by atoms with Crippen LogP contribution in [0.4, 0.5) is 0 Å². The minimum atomic E-state index is 0.149. The maximum Gasteiger partial charge on any atom is 0.257 e. The van der Waals surface area contributed by atoms with Gasteiger partial charge in [0.25, 0.3) is 11.9 Å². The van der Waals surface area contributed by atoms with Crippen LogP contribution in [0.15, 0.2) is 29.9 Å². The van der Waals surface area contributed by atoms with E-state index >= 15 is 0 Å². The molecular weight excluding hydrogens is 382 g/mol. The van der Waals surface area contributed by atoms with E-state index in [-0.39, 0.29) is 5.91 Å². The number of amides is 1. The molecule has 0 aromatic carbocycles.